The molecule has 0 radical (unpaired) electrons. The maximum Gasteiger partial charge on any atom is 0.273 e. The minimum absolute atomic E-state index is 0.235. The van der Waals surface area contributed by atoms with Crippen LogP contribution in [0.25, 0.3) is 6.08 Å². The van der Waals surface area contributed by atoms with Gasteiger partial charge in [0.1, 0.15) is 11.4 Å². The molecule has 21 heavy (non-hydrogen) atoms. The molecule has 106 valence electrons. The van der Waals surface area contributed by atoms with Crippen LogP contribution in [0.3, 0.4) is 0 Å². The molecule has 2 aromatic rings. The van der Waals surface area contributed by atoms with E-state index in [1.165, 1.54) is 0 Å². The fourth-order valence-electron chi connectivity index (χ4n) is 2.33. The second-order valence-electron chi connectivity index (χ2n) is 5.00. The van der Waals surface area contributed by atoms with E-state index in [1.807, 2.05) is 26.8 Å². The Morgan fingerprint density at radius 2 is 1.90 bits per heavy atom. The number of nitrogens with one attached hydrogen (secondary N) is 2. The average Bonchev–Trinajstić information content (AvgIpc) is 2.95. The van der Waals surface area contributed by atoms with Gasteiger partial charge in [0.2, 0.25) is 0 Å². The van der Waals surface area contributed by atoms with Crippen molar-refractivity contribution in [3.8, 4) is 0 Å². The standard InChI is InChI=1S/C15H15N5O/c1-8-6-9(2)18-12(8)7-11-14(19-20-15(11)21)13-10(3)16-4-5-17-13/h4-7,18H,1-3H3,(H,20,21)/b11-7-. The summed E-state index contributed by atoms with van der Waals surface area (Å²) >= 11 is 0. The van der Waals surface area contributed by atoms with E-state index >= 15 is 0 Å². The number of H-pyrrole nitrogens is 1. The molecule has 1 amide bonds. The van der Waals surface area contributed by atoms with Crippen molar-refractivity contribution in [2.24, 2.45) is 5.10 Å². The van der Waals surface area contributed by atoms with Gasteiger partial charge in [-0.1, -0.05) is 0 Å². The van der Waals surface area contributed by atoms with Crippen molar-refractivity contribution in [2.75, 3.05) is 0 Å². The second-order valence-corrected chi connectivity index (χ2v) is 5.00. The summed E-state index contributed by atoms with van der Waals surface area (Å²) in [6, 6.07) is 2.03. The van der Waals surface area contributed by atoms with Crippen LogP contribution in [0.1, 0.15) is 28.3 Å². The molecular formula is C15H15N5O. The fraction of sp³-hybridized carbons (Fsp3) is 0.200. The summed E-state index contributed by atoms with van der Waals surface area (Å²) in [5.74, 6) is -0.235. The minimum Gasteiger partial charge on any atom is -0.359 e. The maximum atomic E-state index is 12.0. The molecule has 0 fully saturated rings. The summed E-state index contributed by atoms with van der Waals surface area (Å²) in [6.45, 7) is 5.81. The largest absolute Gasteiger partial charge is 0.359 e. The first kappa shape index (κ1) is 13.2. The lowest BCUT2D eigenvalue weighted by Crippen LogP contribution is -2.15. The molecule has 3 rings (SSSR count). The third-order valence-electron chi connectivity index (χ3n) is 3.35. The maximum absolute atomic E-state index is 12.0. The van der Waals surface area contributed by atoms with Crippen molar-refractivity contribution in [3.63, 3.8) is 0 Å². The van der Waals surface area contributed by atoms with E-state index in [4.69, 9.17) is 0 Å². The Balaban J connectivity index is 2.08. The number of aromatic amines is 1. The van der Waals surface area contributed by atoms with Gasteiger partial charge in [-0.25, -0.2) is 5.43 Å². The van der Waals surface area contributed by atoms with Crippen molar-refractivity contribution in [1.82, 2.24) is 20.4 Å². The van der Waals surface area contributed by atoms with Crippen LogP contribution in [0.5, 0.6) is 0 Å². The SMILES string of the molecule is Cc1cc(C)c(/C=C2\C(=O)NN=C2c2nccnc2C)[nH]1. The van der Waals surface area contributed by atoms with Gasteiger partial charge < -0.3 is 4.98 Å². The lowest BCUT2D eigenvalue weighted by molar-refractivity contribution is -0.116. The number of aryl methyl sites for hydroxylation is 3. The predicted molar refractivity (Wildman–Crippen MR) is 79.7 cm³/mol. The molecule has 0 spiro atoms. The molecule has 0 aliphatic carbocycles. The van der Waals surface area contributed by atoms with Crippen molar-refractivity contribution >= 4 is 17.7 Å². The van der Waals surface area contributed by atoms with Gasteiger partial charge in [0.25, 0.3) is 5.91 Å². The van der Waals surface area contributed by atoms with Gasteiger partial charge in [-0.2, -0.15) is 5.10 Å². The van der Waals surface area contributed by atoms with Crippen LogP contribution in [0.4, 0.5) is 0 Å². The summed E-state index contributed by atoms with van der Waals surface area (Å²) in [5, 5.41) is 4.09. The Kier molecular flexibility index (Phi) is 3.13. The van der Waals surface area contributed by atoms with Crippen LogP contribution in [0.2, 0.25) is 0 Å². The smallest absolute Gasteiger partial charge is 0.273 e. The quantitative estimate of drug-likeness (QED) is 0.821. The van der Waals surface area contributed by atoms with E-state index in [0.29, 0.717) is 17.0 Å². The zero-order valence-electron chi connectivity index (χ0n) is 12.1. The van der Waals surface area contributed by atoms with Gasteiger partial charge in [0.05, 0.1) is 11.3 Å². The number of aromatic nitrogens is 3. The zero-order chi connectivity index (χ0) is 15.0. The molecule has 2 N–H and O–H groups in total. The summed E-state index contributed by atoms with van der Waals surface area (Å²) in [5.41, 5.74) is 7.88. The predicted octanol–water partition coefficient (Wildman–Crippen LogP) is 1.65. The van der Waals surface area contributed by atoms with Gasteiger partial charge in [0.15, 0.2) is 0 Å². The van der Waals surface area contributed by atoms with E-state index in [0.717, 1.165) is 22.6 Å². The second kappa shape index (κ2) is 4.97. The number of rotatable bonds is 2. The van der Waals surface area contributed by atoms with Crippen LogP contribution in [-0.4, -0.2) is 26.6 Å². The Morgan fingerprint density at radius 1 is 1.14 bits per heavy atom. The summed E-state index contributed by atoms with van der Waals surface area (Å²) in [7, 11) is 0. The number of carbonyl (C=O) groups excluding carboxylic acids is 1. The highest BCUT2D eigenvalue weighted by molar-refractivity contribution is 6.32. The highest BCUT2D eigenvalue weighted by atomic mass is 16.2. The molecular weight excluding hydrogens is 266 g/mol. The number of amides is 1. The zero-order valence-corrected chi connectivity index (χ0v) is 12.1. The molecule has 1 aliphatic rings. The monoisotopic (exact) mass is 281 g/mol. The number of hydrazone groups is 1. The first-order valence-corrected chi connectivity index (χ1v) is 6.60. The molecule has 1 aliphatic heterocycles. The van der Waals surface area contributed by atoms with E-state index in [-0.39, 0.29) is 5.91 Å². The Morgan fingerprint density at radius 3 is 2.57 bits per heavy atom. The highest BCUT2D eigenvalue weighted by Gasteiger charge is 2.26. The Bertz CT molecular complexity index is 785. The molecule has 0 saturated carbocycles. The Labute approximate surface area is 122 Å². The van der Waals surface area contributed by atoms with Crippen LogP contribution in [0, 0.1) is 20.8 Å². The molecule has 6 nitrogen and oxygen atoms in total. The van der Waals surface area contributed by atoms with Crippen LogP contribution < -0.4 is 5.43 Å². The summed E-state index contributed by atoms with van der Waals surface area (Å²) < 4.78 is 0. The van der Waals surface area contributed by atoms with Crippen molar-refractivity contribution in [3.05, 3.63) is 52.4 Å². The lowest BCUT2D eigenvalue weighted by atomic mass is 10.0. The molecule has 0 bridgehead atoms. The first-order chi connectivity index (χ1) is 10.1. The third kappa shape index (κ3) is 2.35. The van der Waals surface area contributed by atoms with Crippen molar-refractivity contribution in [1.29, 1.82) is 0 Å². The van der Waals surface area contributed by atoms with E-state index in [2.05, 4.69) is 25.5 Å². The fourth-order valence-corrected chi connectivity index (χ4v) is 2.33. The number of hydrogen-bond donors (Lipinski definition) is 2. The van der Waals surface area contributed by atoms with E-state index < -0.39 is 0 Å². The average molecular weight is 281 g/mol. The number of nitrogens with zero attached hydrogens (tertiary/aromatic N) is 3. The molecule has 0 unspecified atom stereocenters. The molecule has 0 atom stereocenters. The summed E-state index contributed by atoms with van der Waals surface area (Å²) in [6.07, 6.45) is 5.01. The van der Waals surface area contributed by atoms with Crippen molar-refractivity contribution in [2.45, 2.75) is 20.8 Å². The van der Waals surface area contributed by atoms with E-state index in [1.54, 1.807) is 18.5 Å². The summed E-state index contributed by atoms with van der Waals surface area (Å²) in [4.78, 5) is 23.7. The van der Waals surface area contributed by atoms with E-state index in [9.17, 15) is 4.79 Å². The van der Waals surface area contributed by atoms with Crippen LogP contribution >= 0.6 is 0 Å². The molecule has 2 aromatic heterocycles. The van der Waals surface area contributed by atoms with Crippen molar-refractivity contribution < 1.29 is 4.79 Å². The van der Waals surface area contributed by atoms with Crippen LogP contribution in [-0.2, 0) is 4.79 Å². The lowest BCUT2D eigenvalue weighted by Gasteiger charge is -2.03. The molecule has 0 saturated heterocycles. The van der Waals surface area contributed by atoms with Gasteiger partial charge in [0, 0.05) is 23.8 Å². The minimum atomic E-state index is -0.235. The molecule has 3 heterocycles. The molecule has 0 aromatic carbocycles. The van der Waals surface area contributed by atoms with Gasteiger partial charge in [-0.3, -0.25) is 14.8 Å². The van der Waals surface area contributed by atoms with Gasteiger partial charge >= 0.3 is 0 Å². The van der Waals surface area contributed by atoms with Gasteiger partial charge in [-0.05, 0) is 38.5 Å². The highest BCUT2D eigenvalue weighted by Crippen LogP contribution is 2.19. The normalized spacial score (nSPS) is 16.2. The molecule has 6 heteroatoms. The first-order valence-electron chi connectivity index (χ1n) is 6.60. The third-order valence-corrected chi connectivity index (χ3v) is 3.35. The topological polar surface area (TPSA) is 83.0 Å². The number of hydrogen-bond acceptors (Lipinski definition) is 4. The Hall–Kier alpha value is -2.76. The van der Waals surface area contributed by atoms with Gasteiger partial charge in [-0.15, -0.1) is 0 Å². The number of carbonyl (C=O) groups is 1. The van der Waals surface area contributed by atoms with Crippen LogP contribution in [0.15, 0.2) is 29.1 Å².